The molecule has 1 heterocycles. The molecule has 6 heteroatoms. The van der Waals surface area contributed by atoms with Crippen molar-refractivity contribution in [1.29, 1.82) is 0 Å². The zero-order valence-corrected chi connectivity index (χ0v) is 10.6. The predicted octanol–water partition coefficient (Wildman–Crippen LogP) is 0.865. The third-order valence-corrected chi connectivity index (χ3v) is 2.10. The fourth-order valence-electron chi connectivity index (χ4n) is 1.30. The van der Waals surface area contributed by atoms with Crippen molar-refractivity contribution in [3.8, 4) is 5.88 Å². The van der Waals surface area contributed by atoms with Crippen LogP contribution < -0.4 is 16.2 Å². The highest BCUT2D eigenvalue weighted by atomic mass is 16.5. The SMILES string of the molecule is COCCOc1nc(CC(C)C)nc(N)c1N. The van der Waals surface area contributed by atoms with Crippen molar-refractivity contribution < 1.29 is 9.47 Å². The number of nitrogens with zero attached hydrogens (tertiary/aromatic N) is 2. The lowest BCUT2D eigenvalue weighted by molar-refractivity contribution is 0.144. The molecule has 0 fully saturated rings. The van der Waals surface area contributed by atoms with Gasteiger partial charge in [-0.15, -0.1) is 0 Å². The van der Waals surface area contributed by atoms with Crippen molar-refractivity contribution in [2.45, 2.75) is 20.3 Å². The van der Waals surface area contributed by atoms with E-state index in [-0.39, 0.29) is 11.5 Å². The van der Waals surface area contributed by atoms with Gasteiger partial charge in [-0.25, -0.2) is 4.98 Å². The van der Waals surface area contributed by atoms with E-state index in [9.17, 15) is 0 Å². The number of nitrogen functional groups attached to an aromatic ring is 2. The molecule has 6 nitrogen and oxygen atoms in total. The molecule has 96 valence electrons. The number of aromatic nitrogens is 2. The lowest BCUT2D eigenvalue weighted by Crippen LogP contribution is -2.12. The van der Waals surface area contributed by atoms with E-state index in [1.807, 2.05) is 0 Å². The fraction of sp³-hybridized carbons (Fsp3) is 0.636. The van der Waals surface area contributed by atoms with Gasteiger partial charge < -0.3 is 20.9 Å². The summed E-state index contributed by atoms with van der Waals surface area (Å²) in [5, 5.41) is 0. The maximum atomic E-state index is 5.75. The van der Waals surface area contributed by atoms with Crippen molar-refractivity contribution in [2.75, 3.05) is 31.8 Å². The van der Waals surface area contributed by atoms with Crippen LogP contribution in [0.1, 0.15) is 19.7 Å². The Morgan fingerprint density at radius 3 is 2.47 bits per heavy atom. The van der Waals surface area contributed by atoms with Gasteiger partial charge in [0.1, 0.15) is 18.1 Å². The topological polar surface area (TPSA) is 96.3 Å². The van der Waals surface area contributed by atoms with Crippen molar-refractivity contribution in [3.63, 3.8) is 0 Å². The summed E-state index contributed by atoms with van der Waals surface area (Å²) >= 11 is 0. The van der Waals surface area contributed by atoms with Gasteiger partial charge in [-0.1, -0.05) is 13.8 Å². The molecule has 0 saturated heterocycles. The summed E-state index contributed by atoms with van der Waals surface area (Å²) in [4.78, 5) is 8.38. The molecule has 0 aliphatic heterocycles. The molecule has 0 radical (unpaired) electrons. The highest BCUT2D eigenvalue weighted by Gasteiger charge is 2.11. The number of nitrogens with two attached hydrogens (primary N) is 2. The maximum Gasteiger partial charge on any atom is 0.242 e. The van der Waals surface area contributed by atoms with Gasteiger partial charge >= 0.3 is 0 Å². The molecule has 0 atom stereocenters. The first kappa shape index (κ1) is 13.5. The van der Waals surface area contributed by atoms with Crippen LogP contribution in [0.4, 0.5) is 11.5 Å². The van der Waals surface area contributed by atoms with Crippen molar-refractivity contribution in [1.82, 2.24) is 9.97 Å². The average Bonchev–Trinajstić information content (AvgIpc) is 2.24. The molecule has 4 N–H and O–H groups in total. The fourth-order valence-corrected chi connectivity index (χ4v) is 1.30. The molecule has 0 amide bonds. The molecule has 0 saturated carbocycles. The van der Waals surface area contributed by atoms with Crippen LogP contribution >= 0.6 is 0 Å². The summed E-state index contributed by atoms with van der Waals surface area (Å²) in [6, 6.07) is 0. The average molecular weight is 240 g/mol. The third kappa shape index (κ3) is 4.07. The van der Waals surface area contributed by atoms with Gasteiger partial charge in [-0.05, 0) is 5.92 Å². The number of rotatable bonds is 6. The molecular weight excluding hydrogens is 220 g/mol. The third-order valence-electron chi connectivity index (χ3n) is 2.10. The summed E-state index contributed by atoms with van der Waals surface area (Å²) in [6.07, 6.45) is 0.741. The Kier molecular flexibility index (Phi) is 4.96. The van der Waals surface area contributed by atoms with Crippen LogP contribution in [0.5, 0.6) is 5.88 Å². The number of hydrogen-bond acceptors (Lipinski definition) is 6. The lowest BCUT2D eigenvalue weighted by atomic mass is 10.1. The highest BCUT2D eigenvalue weighted by Crippen LogP contribution is 2.24. The van der Waals surface area contributed by atoms with Gasteiger partial charge in [0.15, 0.2) is 5.82 Å². The number of methoxy groups -OCH3 is 1. The second-order valence-corrected chi connectivity index (χ2v) is 4.18. The quantitative estimate of drug-likeness (QED) is 0.716. The monoisotopic (exact) mass is 240 g/mol. The summed E-state index contributed by atoms with van der Waals surface area (Å²) < 4.78 is 10.3. The normalized spacial score (nSPS) is 10.8. The molecule has 17 heavy (non-hydrogen) atoms. The van der Waals surface area contributed by atoms with Crippen LogP contribution in [-0.4, -0.2) is 30.3 Å². The number of hydrogen-bond donors (Lipinski definition) is 2. The second kappa shape index (κ2) is 6.24. The Bertz CT molecular complexity index is 369. The molecular formula is C11H20N4O2. The van der Waals surface area contributed by atoms with E-state index in [1.165, 1.54) is 0 Å². The van der Waals surface area contributed by atoms with Gasteiger partial charge in [0.2, 0.25) is 5.88 Å². The van der Waals surface area contributed by atoms with Crippen LogP contribution in [0, 0.1) is 5.92 Å². The first-order valence-electron chi connectivity index (χ1n) is 5.58. The van der Waals surface area contributed by atoms with E-state index in [1.54, 1.807) is 7.11 Å². The predicted molar refractivity (Wildman–Crippen MR) is 66.8 cm³/mol. The Balaban J connectivity index is 2.82. The van der Waals surface area contributed by atoms with Gasteiger partial charge in [-0.3, -0.25) is 0 Å². The van der Waals surface area contributed by atoms with Crippen LogP contribution in [0.15, 0.2) is 0 Å². The Morgan fingerprint density at radius 2 is 1.88 bits per heavy atom. The summed E-state index contributed by atoms with van der Waals surface area (Å²) in [7, 11) is 1.60. The highest BCUT2D eigenvalue weighted by molar-refractivity contribution is 5.64. The minimum absolute atomic E-state index is 0.267. The number of ether oxygens (including phenoxy) is 2. The molecule has 0 aromatic carbocycles. The molecule has 0 aliphatic carbocycles. The van der Waals surface area contributed by atoms with E-state index >= 15 is 0 Å². The Labute approximate surface area is 101 Å². The summed E-state index contributed by atoms with van der Waals surface area (Å²) in [5.41, 5.74) is 11.7. The maximum absolute atomic E-state index is 5.75. The summed E-state index contributed by atoms with van der Waals surface area (Å²) in [5.74, 6) is 1.71. The van der Waals surface area contributed by atoms with Gasteiger partial charge in [-0.2, -0.15) is 4.98 Å². The molecule has 1 rings (SSSR count). The van der Waals surface area contributed by atoms with Crippen molar-refractivity contribution in [2.24, 2.45) is 5.92 Å². The molecule has 0 bridgehead atoms. The van der Waals surface area contributed by atoms with E-state index in [0.29, 0.717) is 30.8 Å². The molecule has 0 unspecified atom stereocenters. The molecule has 0 spiro atoms. The largest absolute Gasteiger partial charge is 0.474 e. The van der Waals surface area contributed by atoms with Crippen LogP contribution in [0.3, 0.4) is 0 Å². The first-order chi connectivity index (χ1) is 8.04. The Morgan fingerprint density at radius 1 is 1.18 bits per heavy atom. The first-order valence-corrected chi connectivity index (χ1v) is 5.58. The molecule has 1 aromatic rings. The zero-order chi connectivity index (χ0) is 12.8. The molecule has 0 aliphatic rings. The van der Waals surface area contributed by atoms with E-state index in [0.717, 1.165) is 6.42 Å². The Hall–Kier alpha value is -1.56. The number of anilines is 2. The summed E-state index contributed by atoms with van der Waals surface area (Å²) in [6.45, 7) is 5.03. The minimum atomic E-state index is 0.267. The van der Waals surface area contributed by atoms with Gasteiger partial charge in [0.25, 0.3) is 0 Å². The van der Waals surface area contributed by atoms with Crippen molar-refractivity contribution in [3.05, 3.63) is 5.82 Å². The molecule has 1 aromatic heterocycles. The van der Waals surface area contributed by atoms with Gasteiger partial charge in [0, 0.05) is 13.5 Å². The van der Waals surface area contributed by atoms with Crippen LogP contribution in [-0.2, 0) is 11.2 Å². The zero-order valence-electron chi connectivity index (χ0n) is 10.6. The van der Waals surface area contributed by atoms with Gasteiger partial charge in [0.05, 0.1) is 6.61 Å². The second-order valence-electron chi connectivity index (χ2n) is 4.18. The lowest BCUT2D eigenvalue weighted by Gasteiger charge is -2.11. The van der Waals surface area contributed by atoms with E-state index in [4.69, 9.17) is 20.9 Å². The van der Waals surface area contributed by atoms with Crippen LogP contribution in [0.25, 0.3) is 0 Å². The standard InChI is InChI=1S/C11H20N4O2/c1-7(2)6-8-14-10(13)9(12)11(15-8)17-5-4-16-3/h7H,4-6,12H2,1-3H3,(H2,13,14,15). The minimum Gasteiger partial charge on any atom is -0.474 e. The van der Waals surface area contributed by atoms with E-state index < -0.39 is 0 Å². The van der Waals surface area contributed by atoms with Crippen molar-refractivity contribution >= 4 is 11.5 Å². The van der Waals surface area contributed by atoms with Crippen LogP contribution in [0.2, 0.25) is 0 Å². The smallest absolute Gasteiger partial charge is 0.242 e. The van der Waals surface area contributed by atoms with E-state index in [2.05, 4.69) is 23.8 Å².